The zero-order valence-corrected chi connectivity index (χ0v) is 13.4. The zero-order valence-electron chi connectivity index (χ0n) is 13.4. The fourth-order valence-electron chi connectivity index (χ4n) is 3.00. The average Bonchev–Trinajstić information content (AvgIpc) is 2.94. The molecule has 1 unspecified atom stereocenters. The predicted molar refractivity (Wildman–Crippen MR) is 86.7 cm³/mol. The molecule has 3 rings (SSSR count). The molecule has 1 aromatic heterocycles. The minimum absolute atomic E-state index is 0.000880. The van der Waals surface area contributed by atoms with E-state index in [4.69, 9.17) is 4.74 Å². The van der Waals surface area contributed by atoms with Crippen molar-refractivity contribution in [3.05, 3.63) is 42.2 Å². The molecule has 1 aliphatic rings. The van der Waals surface area contributed by atoms with E-state index in [2.05, 4.69) is 17.1 Å². The molecule has 1 amide bonds. The SMILES string of the molecule is CC(C)(C)OC(=O)N1CCCC1c1nccc2ccccc12. The van der Waals surface area contributed by atoms with Crippen LogP contribution in [0.25, 0.3) is 10.8 Å². The van der Waals surface area contributed by atoms with Gasteiger partial charge in [-0.3, -0.25) is 9.88 Å². The molecule has 116 valence electrons. The van der Waals surface area contributed by atoms with Crippen LogP contribution in [0.3, 0.4) is 0 Å². The summed E-state index contributed by atoms with van der Waals surface area (Å²) in [7, 11) is 0. The number of nitrogens with zero attached hydrogens (tertiary/aromatic N) is 2. The molecule has 2 aromatic rings. The van der Waals surface area contributed by atoms with Crippen molar-refractivity contribution < 1.29 is 9.53 Å². The van der Waals surface area contributed by atoms with Gasteiger partial charge in [-0.2, -0.15) is 0 Å². The number of aromatic nitrogens is 1. The van der Waals surface area contributed by atoms with Crippen LogP contribution >= 0.6 is 0 Å². The van der Waals surface area contributed by atoms with Crippen molar-refractivity contribution >= 4 is 16.9 Å². The second kappa shape index (κ2) is 5.59. The number of ether oxygens (including phenoxy) is 1. The Labute approximate surface area is 131 Å². The van der Waals surface area contributed by atoms with Gasteiger partial charge in [0.15, 0.2) is 0 Å². The summed E-state index contributed by atoms with van der Waals surface area (Å²) in [5, 5.41) is 2.27. The van der Waals surface area contributed by atoms with Crippen molar-refractivity contribution in [1.29, 1.82) is 0 Å². The van der Waals surface area contributed by atoms with Crippen molar-refractivity contribution in [3.63, 3.8) is 0 Å². The minimum atomic E-state index is -0.476. The topological polar surface area (TPSA) is 42.4 Å². The van der Waals surface area contributed by atoms with Gasteiger partial charge in [-0.1, -0.05) is 24.3 Å². The Morgan fingerprint density at radius 2 is 2.05 bits per heavy atom. The molecule has 1 atom stereocenters. The third-order valence-corrected chi connectivity index (χ3v) is 3.90. The van der Waals surface area contributed by atoms with Gasteiger partial charge in [-0.05, 0) is 45.1 Å². The Morgan fingerprint density at radius 3 is 2.82 bits per heavy atom. The molecule has 0 bridgehead atoms. The van der Waals surface area contributed by atoms with Crippen molar-refractivity contribution in [2.45, 2.75) is 45.3 Å². The van der Waals surface area contributed by atoms with E-state index < -0.39 is 5.60 Å². The van der Waals surface area contributed by atoms with Crippen LogP contribution in [0, 0.1) is 0 Å². The average molecular weight is 298 g/mol. The van der Waals surface area contributed by atoms with E-state index in [-0.39, 0.29) is 12.1 Å². The summed E-state index contributed by atoms with van der Waals surface area (Å²) in [6.45, 7) is 6.41. The van der Waals surface area contributed by atoms with Crippen LogP contribution in [-0.2, 0) is 4.74 Å². The Balaban J connectivity index is 1.94. The molecule has 4 nitrogen and oxygen atoms in total. The summed E-state index contributed by atoms with van der Waals surface area (Å²) in [4.78, 5) is 18.8. The third kappa shape index (κ3) is 2.91. The monoisotopic (exact) mass is 298 g/mol. The second-order valence-electron chi connectivity index (χ2n) is 6.75. The van der Waals surface area contributed by atoms with Crippen LogP contribution in [0.4, 0.5) is 4.79 Å². The summed E-state index contributed by atoms with van der Waals surface area (Å²) in [5.74, 6) is 0. The van der Waals surface area contributed by atoms with Crippen LogP contribution < -0.4 is 0 Å². The Morgan fingerprint density at radius 1 is 1.27 bits per heavy atom. The third-order valence-electron chi connectivity index (χ3n) is 3.90. The number of amides is 1. The summed E-state index contributed by atoms with van der Waals surface area (Å²) >= 11 is 0. The second-order valence-corrected chi connectivity index (χ2v) is 6.75. The predicted octanol–water partition coefficient (Wildman–Crippen LogP) is 4.31. The van der Waals surface area contributed by atoms with Crippen molar-refractivity contribution in [1.82, 2.24) is 9.88 Å². The van der Waals surface area contributed by atoms with Gasteiger partial charge in [0.1, 0.15) is 5.60 Å². The molecule has 1 aromatic carbocycles. The molecule has 0 spiro atoms. The number of hydrogen-bond donors (Lipinski definition) is 0. The van der Waals surface area contributed by atoms with Gasteiger partial charge in [-0.15, -0.1) is 0 Å². The quantitative estimate of drug-likeness (QED) is 0.788. The molecule has 0 saturated carbocycles. The lowest BCUT2D eigenvalue weighted by molar-refractivity contribution is 0.0222. The highest BCUT2D eigenvalue weighted by Gasteiger charge is 2.34. The van der Waals surface area contributed by atoms with E-state index in [0.29, 0.717) is 0 Å². The van der Waals surface area contributed by atoms with Gasteiger partial charge in [0.2, 0.25) is 0 Å². The van der Waals surface area contributed by atoms with Gasteiger partial charge in [-0.25, -0.2) is 4.79 Å². The smallest absolute Gasteiger partial charge is 0.410 e. The Hall–Kier alpha value is -2.10. The highest BCUT2D eigenvalue weighted by atomic mass is 16.6. The number of likely N-dealkylation sites (tertiary alicyclic amines) is 1. The van der Waals surface area contributed by atoms with Crippen LogP contribution in [-0.4, -0.2) is 28.1 Å². The normalized spacial score (nSPS) is 18.7. The maximum atomic E-state index is 12.5. The van der Waals surface area contributed by atoms with E-state index in [9.17, 15) is 4.79 Å². The van der Waals surface area contributed by atoms with Gasteiger partial charge in [0, 0.05) is 18.1 Å². The maximum Gasteiger partial charge on any atom is 0.410 e. The molecule has 0 N–H and O–H groups in total. The van der Waals surface area contributed by atoms with Crippen LogP contribution in [0.5, 0.6) is 0 Å². The highest BCUT2D eigenvalue weighted by molar-refractivity contribution is 5.85. The first-order chi connectivity index (χ1) is 10.5. The first-order valence-electron chi connectivity index (χ1n) is 7.79. The Kier molecular flexibility index (Phi) is 3.77. The van der Waals surface area contributed by atoms with Gasteiger partial charge in [0.05, 0.1) is 11.7 Å². The standard InChI is InChI=1S/C18H22N2O2/c1-18(2,3)22-17(21)20-12-6-9-15(20)16-14-8-5-4-7-13(14)10-11-19-16/h4-5,7-8,10-11,15H,6,9,12H2,1-3H3. The fourth-order valence-corrected chi connectivity index (χ4v) is 3.00. The summed E-state index contributed by atoms with van der Waals surface area (Å²) < 4.78 is 5.54. The number of hydrogen-bond acceptors (Lipinski definition) is 3. The number of pyridine rings is 1. The number of benzene rings is 1. The lowest BCUT2D eigenvalue weighted by Crippen LogP contribution is -2.36. The zero-order chi connectivity index (χ0) is 15.7. The molecule has 0 radical (unpaired) electrons. The largest absolute Gasteiger partial charge is 0.444 e. The summed E-state index contributed by atoms with van der Waals surface area (Å²) in [5.41, 5.74) is 0.498. The fraction of sp³-hybridized carbons (Fsp3) is 0.444. The molecular formula is C18H22N2O2. The first-order valence-corrected chi connectivity index (χ1v) is 7.79. The van der Waals surface area contributed by atoms with E-state index in [0.717, 1.165) is 35.9 Å². The van der Waals surface area contributed by atoms with Gasteiger partial charge in [0.25, 0.3) is 0 Å². The van der Waals surface area contributed by atoms with Crippen molar-refractivity contribution in [2.75, 3.05) is 6.54 Å². The number of carbonyl (C=O) groups excluding carboxylic acids is 1. The van der Waals surface area contributed by atoms with E-state index in [1.54, 1.807) is 0 Å². The molecule has 0 aliphatic carbocycles. The van der Waals surface area contributed by atoms with Gasteiger partial charge >= 0.3 is 6.09 Å². The molecule has 1 fully saturated rings. The van der Waals surface area contributed by atoms with Crippen LogP contribution in [0.15, 0.2) is 36.5 Å². The van der Waals surface area contributed by atoms with Crippen molar-refractivity contribution in [3.8, 4) is 0 Å². The van der Waals surface area contributed by atoms with Crippen LogP contribution in [0.1, 0.15) is 45.3 Å². The molecule has 1 saturated heterocycles. The van der Waals surface area contributed by atoms with Crippen LogP contribution in [0.2, 0.25) is 0 Å². The molecular weight excluding hydrogens is 276 g/mol. The van der Waals surface area contributed by atoms with Crippen molar-refractivity contribution in [2.24, 2.45) is 0 Å². The van der Waals surface area contributed by atoms with E-state index >= 15 is 0 Å². The minimum Gasteiger partial charge on any atom is -0.444 e. The first kappa shape index (κ1) is 14.8. The highest BCUT2D eigenvalue weighted by Crippen LogP contribution is 2.35. The molecule has 2 heterocycles. The number of rotatable bonds is 1. The number of fused-ring (bicyclic) bond motifs is 1. The maximum absolute atomic E-state index is 12.5. The van der Waals surface area contributed by atoms with E-state index in [1.807, 2.05) is 50.1 Å². The molecule has 1 aliphatic heterocycles. The lowest BCUT2D eigenvalue weighted by atomic mass is 10.0. The summed E-state index contributed by atoms with van der Waals surface area (Å²) in [6, 6.07) is 10.2. The molecule has 4 heteroatoms. The van der Waals surface area contributed by atoms with Gasteiger partial charge < -0.3 is 4.74 Å². The lowest BCUT2D eigenvalue weighted by Gasteiger charge is -2.28. The molecule has 22 heavy (non-hydrogen) atoms. The van der Waals surface area contributed by atoms with E-state index in [1.165, 1.54) is 0 Å². The Bertz CT molecular complexity index is 686. The number of carbonyl (C=O) groups is 1. The summed E-state index contributed by atoms with van der Waals surface area (Å²) in [6.07, 6.45) is 3.49.